The van der Waals surface area contributed by atoms with E-state index in [4.69, 9.17) is 23.2 Å². The number of carbonyl (C=O) groups is 1. The zero-order chi connectivity index (χ0) is 7.86. The molecule has 0 unspecified atom stereocenters. The maximum absolute atomic E-state index is 9.21. The van der Waals surface area contributed by atoms with Gasteiger partial charge >= 0.3 is 0 Å². The first-order valence-electron chi connectivity index (χ1n) is 2.23. The quantitative estimate of drug-likeness (QED) is 0.326. The molecule has 39 valence electrons. The van der Waals surface area contributed by atoms with E-state index >= 15 is 0 Å². The summed E-state index contributed by atoms with van der Waals surface area (Å²) in [4.78, 5) is 9.21. The van der Waals surface area contributed by atoms with Crippen molar-refractivity contribution in [1.82, 2.24) is 0 Å². The summed E-state index contributed by atoms with van der Waals surface area (Å²) in [6, 6.07) is 0. The second kappa shape index (κ2) is 8.28. The highest BCUT2D eigenvalue weighted by molar-refractivity contribution is 7.60. The number of hydrogen-bond acceptors (Lipinski definition) is 1. The van der Waals surface area contributed by atoms with Crippen LogP contribution in [0.3, 0.4) is 0 Å². The summed E-state index contributed by atoms with van der Waals surface area (Å²) in [5.74, 6) is 0. The molecule has 0 heterocycles. The molecule has 9 heavy (non-hydrogen) atoms. The van der Waals surface area contributed by atoms with Crippen molar-refractivity contribution in [3.63, 3.8) is 0 Å². The van der Waals surface area contributed by atoms with Gasteiger partial charge in [-0.1, -0.05) is 0 Å². The Morgan fingerprint density at radius 3 is 1.78 bits per heavy atom. The lowest BCUT2D eigenvalue weighted by molar-refractivity contribution is -0.109. The van der Waals surface area contributed by atoms with Crippen LogP contribution in [-0.4, -0.2) is 41.9 Å². The largest absolute Gasteiger partial charge is 0.282 e. The van der Waals surface area contributed by atoms with Crippen molar-refractivity contribution in [2.45, 2.75) is 6.92 Å². The Labute approximate surface area is 65.8 Å². The second-order valence-electron chi connectivity index (χ2n) is 1.24. The molecule has 0 aromatic heterocycles. The highest BCUT2D eigenvalue weighted by Crippen LogP contribution is 1.67. The molecule has 0 aromatic carbocycles. The Bertz CT molecular complexity index is 71.4. The Morgan fingerprint density at radius 2 is 1.78 bits per heavy atom. The zero-order valence-electron chi connectivity index (χ0n) is 5.17. The Balaban J connectivity index is 0. The van der Waals surface area contributed by atoms with Gasteiger partial charge in [-0.25, -0.2) is 0 Å². The molecule has 0 saturated carbocycles. The fourth-order valence-electron chi connectivity index (χ4n) is 0. The molecule has 0 aromatic rings. The molecule has 0 aliphatic heterocycles. The van der Waals surface area contributed by atoms with Crippen LogP contribution < -0.4 is 0 Å². The maximum atomic E-state index is 9.21. The molecule has 0 saturated heterocycles. The van der Waals surface area contributed by atoms with Crippen molar-refractivity contribution in [3.8, 4) is 0 Å². The summed E-state index contributed by atoms with van der Waals surface area (Å²) in [6.07, 6.45) is -0.463. The smallest absolute Gasteiger partial charge is 0.218 e. The number of carbonyl (C=O) groups excluding carboxylic acids is 1. The summed E-state index contributed by atoms with van der Waals surface area (Å²) < 4.78 is 0. The average molecular weight is 133 g/mol. The fourth-order valence-corrected chi connectivity index (χ4v) is 0. The van der Waals surface area contributed by atoms with E-state index in [1.165, 1.54) is 14.0 Å². The minimum Gasteiger partial charge on any atom is -0.282 e. The molecule has 1 nitrogen and oxygen atoms in total. The van der Waals surface area contributed by atoms with Crippen LogP contribution in [0, 0.1) is 0 Å². The summed E-state index contributed by atoms with van der Waals surface area (Å²) in [7, 11) is 15.8. The van der Waals surface area contributed by atoms with Crippen molar-refractivity contribution in [2.75, 3.05) is 0 Å². The minimum atomic E-state index is -0.463. The van der Waals surface area contributed by atoms with Gasteiger partial charge in [0.15, 0.2) is 0 Å². The Kier molecular flexibility index (Phi) is 11.1. The third-order valence-corrected chi connectivity index (χ3v) is 0.222. The third kappa shape index (κ3) is 62.7. The van der Waals surface area contributed by atoms with Gasteiger partial charge < -0.3 is 0 Å². The Hall–Kier alpha value is 0.285. The van der Waals surface area contributed by atoms with Crippen LogP contribution in [0.2, 0.25) is 0 Å². The van der Waals surface area contributed by atoms with Crippen molar-refractivity contribution < 1.29 is 4.79 Å². The number of halogens is 1. The Morgan fingerprint density at radius 1 is 1.67 bits per heavy atom. The minimum absolute atomic E-state index is 0.361. The molecule has 0 fully saturated rings. The lowest BCUT2D eigenvalue weighted by Crippen LogP contribution is -2.23. The lowest BCUT2D eigenvalue weighted by Gasteiger charge is -1.85. The molecule has 0 rings (SSSR count). The average Bonchev–Trinajstić information content (AvgIpc) is 1.65. The van der Waals surface area contributed by atoms with Crippen molar-refractivity contribution in [1.29, 1.82) is 0 Å². The van der Waals surface area contributed by atoms with Crippen LogP contribution >= 0.6 is 11.6 Å². The standard InChI is InChI=1S/C2H3ClO.B5/c1-2(3)4;1-4-5(2)3/h1H3;. The SMILES string of the molecule is CC(=O)Cl.[B][B]B([B])[B]. The van der Waals surface area contributed by atoms with Crippen molar-refractivity contribution in [3.05, 3.63) is 0 Å². The van der Waals surface area contributed by atoms with Gasteiger partial charge in [-0.15, -0.1) is 0 Å². The van der Waals surface area contributed by atoms with Crippen molar-refractivity contribution >= 4 is 53.5 Å². The number of hydrogen-bond donors (Lipinski definition) is 0. The molecule has 7 heteroatoms. The molecule has 0 bridgehead atoms. The van der Waals surface area contributed by atoms with E-state index in [2.05, 4.69) is 11.6 Å². The maximum Gasteiger partial charge on any atom is 0.218 e. The van der Waals surface area contributed by atoms with E-state index in [1.54, 1.807) is 0 Å². The van der Waals surface area contributed by atoms with Crippen LogP contribution in [0.1, 0.15) is 6.92 Å². The molecular weight excluding hydrogens is 130 g/mol. The van der Waals surface area contributed by atoms with E-state index < -0.39 is 6.39 Å². The van der Waals surface area contributed by atoms with Gasteiger partial charge in [0.1, 0.15) is 0 Å². The van der Waals surface area contributed by atoms with Gasteiger partial charge in [-0.05, 0) is 11.6 Å². The van der Waals surface area contributed by atoms with E-state index in [9.17, 15) is 4.79 Å². The topological polar surface area (TPSA) is 17.1 Å². The summed E-state index contributed by atoms with van der Waals surface area (Å²) >= 11 is 4.64. The van der Waals surface area contributed by atoms with Gasteiger partial charge in [0.2, 0.25) is 5.24 Å². The van der Waals surface area contributed by atoms with Gasteiger partial charge in [-0.2, -0.15) is 0 Å². The highest BCUT2D eigenvalue weighted by Gasteiger charge is 1.85. The molecule has 0 atom stereocenters. The molecule has 0 spiro atoms. The molecule has 7 radical (unpaired) electrons. The first-order valence-corrected chi connectivity index (χ1v) is 2.60. The first kappa shape index (κ1) is 12.0. The van der Waals surface area contributed by atoms with Crippen LogP contribution in [0.25, 0.3) is 0 Å². The van der Waals surface area contributed by atoms with E-state index in [0.717, 1.165) is 0 Å². The lowest BCUT2D eigenvalue weighted by atomic mass is 8.97. The monoisotopic (exact) mass is 133 g/mol. The summed E-state index contributed by atoms with van der Waals surface area (Å²) in [6.45, 7) is 1.29. The van der Waals surface area contributed by atoms with Crippen LogP contribution in [-0.2, 0) is 4.79 Å². The van der Waals surface area contributed by atoms with Crippen molar-refractivity contribution in [2.24, 2.45) is 0 Å². The molecular formula is C2H3B5ClO. The normalized spacial score (nSPS) is 6.44. The van der Waals surface area contributed by atoms with Crippen LogP contribution in [0.4, 0.5) is 0 Å². The summed E-state index contributed by atoms with van der Waals surface area (Å²) in [5, 5.41) is -0.361. The van der Waals surface area contributed by atoms with Gasteiger partial charge in [0.05, 0.1) is 0 Å². The molecule has 0 amide bonds. The van der Waals surface area contributed by atoms with Crippen LogP contribution in [0.15, 0.2) is 0 Å². The third-order valence-electron chi connectivity index (χ3n) is 0.222. The van der Waals surface area contributed by atoms with Gasteiger partial charge in [0, 0.05) is 43.6 Å². The molecule has 0 N–H and O–H groups in total. The van der Waals surface area contributed by atoms with Gasteiger partial charge in [0.25, 0.3) is 0 Å². The zero-order valence-corrected chi connectivity index (χ0v) is 5.93. The summed E-state index contributed by atoms with van der Waals surface area (Å²) in [5.41, 5.74) is 0. The van der Waals surface area contributed by atoms with E-state index in [-0.39, 0.29) is 5.24 Å². The molecule has 0 aliphatic rings. The first-order chi connectivity index (χ1) is 4.00. The van der Waals surface area contributed by atoms with E-state index in [0.29, 0.717) is 0 Å². The highest BCUT2D eigenvalue weighted by atomic mass is 35.5. The van der Waals surface area contributed by atoms with Crippen LogP contribution in [0.5, 0.6) is 0 Å². The van der Waals surface area contributed by atoms with Gasteiger partial charge in [-0.3, -0.25) is 4.79 Å². The number of rotatable bonds is 1. The fraction of sp³-hybridized carbons (Fsp3) is 0.500. The second-order valence-corrected chi connectivity index (χ2v) is 1.77. The molecule has 0 aliphatic carbocycles. The predicted octanol–water partition coefficient (Wildman–Crippen LogP) is -1.13. The van der Waals surface area contributed by atoms with E-state index in [1.807, 2.05) is 0 Å². The predicted molar refractivity (Wildman–Crippen MR) is 45.3 cm³/mol.